The molecule has 4 aromatic rings. The third-order valence-electron chi connectivity index (χ3n) is 12.3. The lowest BCUT2D eigenvalue weighted by Gasteiger charge is -2.53. The molecule has 3 aromatic carbocycles. The average Bonchev–Trinajstić information content (AvgIpc) is 3.65. The predicted molar refractivity (Wildman–Crippen MR) is 248 cm³/mol. The molecule has 1 aliphatic rings. The van der Waals surface area contributed by atoms with Gasteiger partial charge in [-0.15, -0.1) is 11.3 Å². The Morgan fingerprint density at radius 1 is 0.793 bits per heavy atom. The summed E-state index contributed by atoms with van der Waals surface area (Å²) >= 11 is 1.43. The maximum atomic E-state index is 15.2. The number of β-lactam (4-membered cyclic amide) rings is 1. The molecule has 1 unspecified atom stereocenters. The second-order valence-corrected chi connectivity index (χ2v) is 32.3. The van der Waals surface area contributed by atoms with E-state index in [-0.39, 0.29) is 40.2 Å². The van der Waals surface area contributed by atoms with Crippen LogP contribution in [-0.2, 0) is 29.8 Å². The van der Waals surface area contributed by atoms with E-state index in [9.17, 15) is 4.79 Å². The van der Waals surface area contributed by atoms with Gasteiger partial charge in [0.15, 0.2) is 22.4 Å². The van der Waals surface area contributed by atoms with Crippen molar-refractivity contribution in [2.24, 2.45) is 5.92 Å². The first-order chi connectivity index (χ1) is 27.2. The van der Waals surface area contributed by atoms with Gasteiger partial charge >= 0.3 is 5.97 Å². The molecular formula is C47H62NO6PSSi2. The molecule has 7 nitrogen and oxygen atoms in total. The van der Waals surface area contributed by atoms with Gasteiger partial charge in [0.1, 0.15) is 12.0 Å². The van der Waals surface area contributed by atoms with Crippen molar-refractivity contribution in [1.82, 2.24) is 4.90 Å². The lowest BCUT2D eigenvalue weighted by atomic mass is 9.80. The Morgan fingerprint density at radius 3 is 1.72 bits per heavy atom. The van der Waals surface area contributed by atoms with E-state index < -0.39 is 47.6 Å². The lowest BCUT2D eigenvalue weighted by molar-refractivity contribution is -0.156. The maximum Gasteiger partial charge on any atom is 0.356 e. The molecule has 0 aliphatic carbocycles. The van der Waals surface area contributed by atoms with E-state index in [1.807, 2.05) is 110 Å². The van der Waals surface area contributed by atoms with Crippen LogP contribution in [0.1, 0.15) is 69.4 Å². The van der Waals surface area contributed by atoms with Crippen LogP contribution in [0.3, 0.4) is 0 Å². The molecule has 3 atom stereocenters. The summed E-state index contributed by atoms with van der Waals surface area (Å²) in [5.41, 5.74) is 0.242. The second-order valence-electron chi connectivity index (χ2n) is 18.2. The molecule has 1 aromatic heterocycles. The highest BCUT2D eigenvalue weighted by atomic mass is 32.1. The van der Waals surface area contributed by atoms with Crippen LogP contribution >= 0.6 is 18.2 Å². The minimum absolute atomic E-state index is 0.00125. The van der Waals surface area contributed by atoms with Gasteiger partial charge in [-0.3, -0.25) is 9.59 Å². The number of ether oxygens (including phenoxy) is 1. The van der Waals surface area contributed by atoms with E-state index in [4.69, 9.17) is 13.6 Å². The number of benzene rings is 3. The summed E-state index contributed by atoms with van der Waals surface area (Å²) in [6, 6.07) is 32.9. The van der Waals surface area contributed by atoms with Gasteiger partial charge in [0, 0.05) is 18.2 Å². The normalized spacial score (nSPS) is 17.0. The molecule has 1 fully saturated rings. The molecule has 0 spiro atoms. The molecule has 58 heavy (non-hydrogen) atoms. The number of amides is 1. The fourth-order valence-electron chi connectivity index (χ4n) is 7.00. The zero-order valence-electron chi connectivity index (χ0n) is 36.2. The van der Waals surface area contributed by atoms with Crippen LogP contribution < -0.4 is 15.9 Å². The molecule has 1 amide bonds. The summed E-state index contributed by atoms with van der Waals surface area (Å²) in [5.74, 6) is -1.65. The molecule has 0 bridgehead atoms. The summed E-state index contributed by atoms with van der Waals surface area (Å²) in [7, 11) is -4.38. The monoisotopic (exact) mass is 855 g/mol. The van der Waals surface area contributed by atoms with Gasteiger partial charge in [0.2, 0.25) is 5.91 Å². The topological polar surface area (TPSA) is 82.1 Å². The van der Waals surface area contributed by atoms with Crippen molar-refractivity contribution in [3.8, 4) is 0 Å². The van der Waals surface area contributed by atoms with Crippen molar-refractivity contribution in [3.63, 3.8) is 0 Å². The third-order valence-corrected chi connectivity index (χ3v) is 26.7. The molecule has 0 radical (unpaired) electrons. The Labute approximate surface area is 353 Å². The van der Waals surface area contributed by atoms with Crippen LogP contribution in [0.5, 0.6) is 0 Å². The predicted octanol–water partition coefficient (Wildman–Crippen LogP) is 9.93. The molecule has 2 heterocycles. The molecule has 310 valence electrons. The summed E-state index contributed by atoms with van der Waals surface area (Å²) in [4.78, 5) is 48.0. The first-order valence-electron chi connectivity index (χ1n) is 20.2. The van der Waals surface area contributed by atoms with E-state index in [0.29, 0.717) is 11.5 Å². The van der Waals surface area contributed by atoms with E-state index >= 15 is 9.59 Å². The molecule has 1 saturated heterocycles. The van der Waals surface area contributed by atoms with Crippen LogP contribution in [0.25, 0.3) is 0 Å². The van der Waals surface area contributed by atoms with Gasteiger partial charge in [0.05, 0.1) is 29.5 Å². The fraction of sp³-hybridized carbons (Fsp3) is 0.404. The number of hydrogen-bond acceptors (Lipinski definition) is 7. The number of nitrogens with zero attached hydrogens (tertiary/aromatic N) is 1. The zero-order chi connectivity index (χ0) is 42.7. The highest BCUT2D eigenvalue weighted by Gasteiger charge is 2.57. The number of hydrogen-bond donors (Lipinski definition) is 0. The highest BCUT2D eigenvalue weighted by Crippen LogP contribution is 2.51. The third kappa shape index (κ3) is 9.23. The number of ketones is 1. The Balaban J connectivity index is 1.74. The first kappa shape index (κ1) is 45.4. The van der Waals surface area contributed by atoms with Crippen LogP contribution in [0, 0.1) is 5.92 Å². The Morgan fingerprint density at radius 2 is 1.28 bits per heavy atom. The minimum atomic E-state index is -3.17. The fourth-order valence-corrected chi connectivity index (χ4v) is 14.8. The van der Waals surface area contributed by atoms with Gasteiger partial charge in [-0.2, -0.15) is 0 Å². The van der Waals surface area contributed by atoms with Gasteiger partial charge in [-0.1, -0.05) is 145 Å². The lowest BCUT2D eigenvalue weighted by Crippen LogP contribution is -2.69. The Hall–Kier alpha value is -3.64. The van der Waals surface area contributed by atoms with Crippen molar-refractivity contribution in [3.05, 3.63) is 126 Å². The van der Waals surface area contributed by atoms with Crippen molar-refractivity contribution in [2.45, 2.75) is 110 Å². The van der Waals surface area contributed by atoms with Crippen molar-refractivity contribution in [2.75, 3.05) is 6.61 Å². The van der Waals surface area contributed by atoms with Crippen LogP contribution in [-0.4, -0.2) is 63.4 Å². The number of carbonyl (C=O) groups excluding carboxylic acids is 3. The average molecular weight is 856 g/mol. The van der Waals surface area contributed by atoms with Gasteiger partial charge in [0.25, 0.3) is 0 Å². The number of carbonyl (C=O) groups is 3. The minimum Gasteiger partial charge on any atom is -0.457 e. The van der Waals surface area contributed by atoms with Crippen molar-refractivity contribution in [1.29, 1.82) is 0 Å². The Bertz CT molecular complexity index is 2030. The number of rotatable bonds is 16. The molecule has 0 N–H and O–H groups in total. The SMILES string of the molecule is C=CCOC(=O)C(N1C(=O)[C@H](C(C)O[Si](C)(C)C(C)(C)C)[C@H]1CC(=O)c1ccc(CO[Si](C)(C)C(C)(C)C)s1)=P(c1ccccc1)(c1ccccc1)c1ccccc1. The van der Waals surface area contributed by atoms with Crippen molar-refractivity contribution >= 4 is 73.8 Å². The molecule has 11 heteroatoms. The standard InChI is InChI=1S/C47H62NO6PSSi2/c1-13-31-52-45(51)44(55(35-23-17-14-18-24-35,36-25-19-15-20-26-36)37-27-21-16-22-28-37)48-39(42(43(48)50)34(2)54-58(11,12)47(6,7)8)32-40(49)41-30-29-38(56-41)33-53-57(9,10)46(3,4)5/h13-30,34,39,42H,1,31-33H2,2-12H3/t34?,39-,42-/m1/s1. The number of Topliss-reactive ketones (excluding diaryl/α,β-unsaturated/α-hetero) is 1. The van der Waals surface area contributed by atoms with Crippen LogP contribution in [0.15, 0.2) is 116 Å². The largest absolute Gasteiger partial charge is 0.457 e. The summed E-state index contributed by atoms with van der Waals surface area (Å²) in [6.45, 7) is 24.9. The first-order valence-corrected chi connectivity index (χ1v) is 28.6. The van der Waals surface area contributed by atoms with E-state index in [0.717, 1.165) is 20.8 Å². The summed E-state index contributed by atoms with van der Waals surface area (Å²) < 4.78 is 19.4. The molecule has 1 aliphatic heterocycles. The highest BCUT2D eigenvalue weighted by molar-refractivity contribution is 7.96. The molecule has 5 rings (SSSR count). The number of esters is 1. The van der Waals surface area contributed by atoms with Gasteiger partial charge < -0.3 is 18.5 Å². The van der Waals surface area contributed by atoms with E-state index in [1.54, 1.807) is 4.90 Å². The molecule has 0 saturated carbocycles. The van der Waals surface area contributed by atoms with Crippen LogP contribution in [0.4, 0.5) is 0 Å². The van der Waals surface area contributed by atoms with E-state index in [2.05, 4.69) is 74.3 Å². The van der Waals surface area contributed by atoms with Gasteiger partial charge in [-0.25, -0.2) is 4.79 Å². The van der Waals surface area contributed by atoms with Gasteiger partial charge in [-0.05, 0) is 71.2 Å². The zero-order valence-corrected chi connectivity index (χ0v) is 39.9. The van der Waals surface area contributed by atoms with Crippen LogP contribution in [0.2, 0.25) is 36.3 Å². The molecular weight excluding hydrogens is 794 g/mol. The number of thiophene rings is 1. The maximum absolute atomic E-state index is 15.2. The van der Waals surface area contributed by atoms with Crippen molar-refractivity contribution < 1.29 is 28.0 Å². The number of likely N-dealkylation sites (tertiary alicyclic amines) is 1. The van der Waals surface area contributed by atoms with E-state index in [1.165, 1.54) is 17.4 Å². The quantitative estimate of drug-likeness (QED) is 0.0279. The Kier molecular flexibility index (Phi) is 14.0. The summed E-state index contributed by atoms with van der Waals surface area (Å²) in [5, 5.41) is 2.59. The smallest absolute Gasteiger partial charge is 0.356 e. The summed E-state index contributed by atoms with van der Waals surface area (Å²) in [6.07, 6.45) is 1.02. The second kappa shape index (κ2) is 17.9.